The van der Waals surface area contributed by atoms with Gasteiger partial charge in [0, 0.05) is 23.8 Å². The van der Waals surface area contributed by atoms with E-state index in [0.717, 1.165) is 5.56 Å². The van der Waals surface area contributed by atoms with Gasteiger partial charge >= 0.3 is 0 Å². The molecule has 1 aliphatic heterocycles. The van der Waals surface area contributed by atoms with Crippen LogP contribution < -0.4 is 10.1 Å². The molecule has 142 valence electrons. The molecule has 0 aromatic heterocycles. The van der Waals surface area contributed by atoms with Gasteiger partial charge in [0.2, 0.25) is 0 Å². The van der Waals surface area contributed by atoms with Gasteiger partial charge in [-0.1, -0.05) is 30.7 Å². The molecule has 1 unspecified atom stereocenters. The Morgan fingerprint density at radius 2 is 2.04 bits per heavy atom. The van der Waals surface area contributed by atoms with Gasteiger partial charge in [0.25, 0.3) is 11.8 Å². The van der Waals surface area contributed by atoms with Gasteiger partial charge in [0.1, 0.15) is 5.75 Å². The van der Waals surface area contributed by atoms with Crippen LogP contribution in [0.5, 0.6) is 5.75 Å². The average Bonchev–Trinajstić information content (AvgIpc) is 2.78. The molecule has 5 nitrogen and oxygen atoms in total. The zero-order valence-corrected chi connectivity index (χ0v) is 16.4. The van der Waals surface area contributed by atoms with E-state index in [0.29, 0.717) is 35.0 Å². The lowest BCUT2D eigenvalue weighted by Gasteiger charge is -2.27. The molecule has 0 saturated heterocycles. The second kappa shape index (κ2) is 8.01. The van der Waals surface area contributed by atoms with E-state index >= 15 is 0 Å². The Morgan fingerprint density at radius 1 is 1.30 bits per heavy atom. The third-order valence-corrected chi connectivity index (χ3v) is 4.93. The molecule has 0 saturated carbocycles. The van der Waals surface area contributed by atoms with Crippen LogP contribution >= 0.6 is 11.6 Å². The molecule has 0 spiro atoms. The van der Waals surface area contributed by atoms with Crippen LogP contribution in [0.3, 0.4) is 0 Å². The van der Waals surface area contributed by atoms with Crippen molar-refractivity contribution in [3.05, 3.63) is 58.6 Å². The molecule has 2 aromatic carbocycles. The maximum Gasteiger partial charge on any atom is 0.264 e. The highest BCUT2D eigenvalue weighted by molar-refractivity contribution is 6.34. The van der Waals surface area contributed by atoms with E-state index in [2.05, 4.69) is 5.32 Å². The van der Waals surface area contributed by atoms with Crippen LogP contribution in [0.4, 0.5) is 5.69 Å². The van der Waals surface area contributed by atoms with Gasteiger partial charge in [-0.05, 0) is 50.6 Å². The smallest absolute Gasteiger partial charge is 0.264 e. The Hall–Kier alpha value is -2.53. The second-order valence-corrected chi connectivity index (χ2v) is 7.24. The van der Waals surface area contributed by atoms with Gasteiger partial charge in [-0.25, -0.2) is 0 Å². The molecule has 1 N–H and O–H groups in total. The molecule has 2 amide bonds. The lowest BCUT2D eigenvalue weighted by Crippen LogP contribution is -2.42. The number of nitrogens with one attached hydrogen (secondary N) is 1. The molecule has 0 radical (unpaired) electrons. The van der Waals surface area contributed by atoms with Gasteiger partial charge in [-0.3, -0.25) is 9.59 Å². The van der Waals surface area contributed by atoms with E-state index in [-0.39, 0.29) is 17.9 Å². The first-order chi connectivity index (χ1) is 12.9. The number of hydrogen-bond acceptors (Lipinski definition) is 3. The van der Waals surface area contributed by atoms with Crippen molar-refractivity contribution in [3.63, 3.8) is 0 Å². The summed E-state index contributed by atoms with van der Waals surface area (Å²) in [5.74, 6) is 0.387. The number of ether oxygens (including phenoxy) is 1. The van der Waals surface area contributed by atoms with Crippen LogP contribution in [0.2, 0.25) is 5.02 Å². The van der Waals surface area contributed by atoms with Crippen LogP contribution in [0.15, 0.2) is 42.5 Å². The van der Waals surface area contributed by atoms with Crippen molar-refractivity contribution in [3.8, 4) is 5.75 Å². The summed E-state index contributed by atoms with van der Waals surface area (Å²) in [4.78, 5) is 27.0. The van der Waals surface area contributed by atoms with Gasteiger partial charge < -0.3 is 15.0 Å². The molecule has 0 fully saturated rings. The minimum Gasteiger partial charge on any atom is -0.480 e. The molecule has 2 aromatic rings. The SMILES string of the molecule is CCC1Oc2ccc(NC(=O)c3ccccc3Cl)cc2CN(C(C)C)C1=O. The van der Waals surface area contributed by atoms with E-state index in [1.807, 2.05) is 26.8 Å². The average molecular weight is 387 g/mol. The van der Waals surface area contributed by atoms with Crippen LogP contribution in [0.1, 0.15) is 43.1 Å². The second-order valence-electron chi connectivity index (χ2n) is 6.83. The molecular weight excluding hydrogens is 364 g/mol. The van der Waals surface area contributed by atoms with Crippen molar-refractivity contribution in [2.45, 2.75) is 45.9 Å². The highest BCUT2D eigenvalue weighted by atomic mass is 35.5. The largest absolute Gasteiger partial charge is 0.480 e. The van der Waals surface area contributed by atoms with E-state index in [9.17, 15) is 9.59 Å². The Labute approximate surface area is 164 Å². The summed E-state index contributed by atoms with van der Waals surface area (Å²) in [6, 6.07) is 12.4. The fourth-order valence-corrected chi connectivity index (χ4v) is 3.31. The molecular formula is C21H23ClN2O3. The summed E-state index contributed by atoms with van der Waals surface area (Å²) < 4.78 is 5.94. The highest BCUT2D eigenvalue weighted by Crippen LogP contribution is 2.30. The fourth-order valence-electron chi connectivity index (χ4n) is 3.08. The minimum absolute atomic E-state index is 0.00893. The molecule has 6 heteroatoms. The standard InChI is InChI=1S/C21H23ClN2O3/c1-4-18-21(26)24(13(2)3)12-14-11-15(9-10-19(14)27-18)23-20(25)16-7-5-6-8-17(16)22/h5-11,13,18H,4,12H2,1-3H3,(H,23,25). The van der Waals surface area contributed by atoms with E-state index in [4.69, 9.17) is 16.3 Å². The van der Waals surface area contributed by atoms with Crippen molar-refractivity contribution in [1.82, 2.24) is 4.90 Å². The molecule has 1 heterocycles. The number of hydrogen-bond donors (Lipinski definition) is 1. The first kappa shape index (κ1) is 19.2. The summed E-state index contributed by atoms with van der Waals surface area (Å²) in [5.41, 5.74) is 1.91. The summed E-state index contributed by atoms with van der Waals surface area (Å²) in [5, 5.41) is 3.27. The van der Waals surface area contributed by atoms with Crippen molar-refractivity contribution < 1.29 is 14.3 Å². The van der Waals surface area contributed by atoms with Crippen LogP contribution in [-0.2, 0) is 11.3 Å². The maximum atomic E-state index is 12.7. The molecule has 3 rings (SSSR count). The van der Waals surface area contributed by atoms with Crippen LogP contribution in [0, 0.1) is 0 Å². The highest BCUT2D eigenvalue weighted by Gasteiger charge is 2.31. The Kier molecular flexibility index (Phi) is 5.71. The predicted octanol–water partition coefficient (Wildman–Crippen LogP) is 4.50. The van der Waals surface area contributed by atoms with E-state index in [1.54, 1.807) is 41.3 Å². The van der Waals surface area contributed by atoms with E-state index < -0.39 is 6.10 Å². The Morgan fingerprint density at radius 3 is 2.70 bits per heavy atom. The number of fused-ring (bicyclic) bond motifs is 1. The fraction of sp³-hybridized carbons (Fsp3) is 0.333. The van der Waals surface area contributed by atoms with Gasteiger partial charge in [-0.15, -0.1) is 0 Å². The number of amides is 2. The van der Waals surface area contributed by atoms with Crippen molar-refractivity contribution in [1.29, 1.82) is 0 Å². The number of anilines is 1. The number of rotatable bonds is 4. The number of benzene rings is 2. The van der Waals surface area contributed by atoms with Crippen LogP contribution in [-0.4, -0.2) is 28.9 Å². The third kappa shape index (κ3) is 4.08. The first-order valence-electron chi connectivity index (χ1n) is 9.06. The normalized spacial score (nSPS) is 16.6. The summed E-state index contributed by atoms with van der Waals surface area (Å²) in [7, 11) is 0. The molecule has 27 heavy (non-hydrogen) atoms. The van der Waals surface area contributed by atoms with Gasteiger partial charge in [0.15, 0.2) is 6.10 Å². The Bertz CT molecular complexity index is 866. The molecule has 1 aliphatic rings. The zero-order chi connectivity index (χ0) is 19.6. The molecule has 1 atom stereocenters. The first-order valence-corrected chi connectivity index (χ1v) is 9.44. The van der Waals surface area contributed by atoms with E-state index in [1.165, 1.54) is 0 Å². The monoisotopic (exact) mass is 386 g/mol. The number of halogens is 1. The number of nitrogens with zero attached hydrogens (tertiary/aromatic N) is 1. The number of carbonyl (C=O) groups excluding carboxylic acids is 2. The predicted molar refractivity (Wildman–Crippen MR) is 106 cm³/mol. The Balaban J connectivity index is 1.88. The topological polar surface area (TPSA) is 58.6 Å². The quantitative estimate of drug-likeness (QED) is 0.841. The van der Waals surface area contributed by atoms with Crippen molar-refractivity contribution in [2.75, 3.05) is 5.32 Å². The van der Waals surface area contributed by atoms with Crippen molar-refractivity contribution >= 4 is 29.1 Å². The zero-order valence-electron chi connectivity index (χ0n) is 15.7. The van der Waals surface area contributed by atoms with Crippen LogP contribution in [0.25, 0.3) is 0 Å². The van der Waals surface area contributed by atoms with Gasteiger partial charge in [0.05, 0.1) is 10.6 Å². The third-order valence-electron chi connectivity index (χ3n) is 4.60. The molecule has 0 bridgehead atoms. The molecule has 0 aliphatic carbocycles. The van der Waals surface area contributed by atoms with Gasteiger partial charge in [-0.2, -0.15) is 0 Å². The van der Waals surface area contributed by atoms with Crippen molar-refractivity contribution in [2.24, 2.45) is 0 Å². The number of carbonyl (C=O) groups is 2. The minimum atomic E-state index is -0.489. The summed E-state index contributed by atoms with van der Waals surface area (Å²) in [6.07, 6.45) is 0.115. The lowest BCUT2D eigenvalue weighted by molar-refractivity contribution is -0.140. The maximum absolute atomic E-state index is 12.7. The summed E-state index contributed by atoms with van der Waals surface area (Å²) >= 11 is 6.10. The summed E-state index contributed by atoms with van der Waals surface area (Å²) in [6.45, 7) is 6.35. The lowest BCUT2D eigenvalue weighted by atomic mass is 10.1.